The van der Waals surface area contributed by atoms with Crippen LogP contribution in [0.4, 0.5) is 0 Å². The number of amides is 1. The molecule has 0 atom stereocenters. The molecule has 1 amide bonds. The Morgan fingerprint density at radius 3 is 2.88 bits per heavy atom. The second-order valence-corrected chi connectivity index (χ2v) is 6.10. The summed E-state index contributed by atoms with van der Waals surface area (Å²) in [6, 6.07) is 2.64. The molecule has 94 valence electrons. The number of halogens is 1. The van der Waals surface area contributed by atoms with Crippen LogP contribution in [0.2, 0.25) is 0 Å². The van der Waals surface area contributed by atoms with Crippen molar-refractivity contribution in [1.82, 2.24) is 4.90 Å². The Morgan fingerprint density at radius 1 is 1.47 bits per heavy atom. The van der Waals surface area contributed by atoms with Crippen LogP contribution in [0.5, 0.6) is 0 Å². The highest BCUT2D eigenvalue weighted by Gasteiger charge is 2.32. The monoisotopic (exact) mass is 315 g/mol. The van der Waals surface area contributed by atoms with Crippen molar-refractivity contribution in [3.8, 4) is 0 Å². The first-order valence-electron chi connectivity index (χ1n) is 6.18. The molecule has 0 aromatic carbocycles. The third kappa shape index (κ3) is 4.11. The van der Waals surface area contributed by atoms with Crippen molar-refractivity contribution in [3.05, 3.63) is 22.4 Å². The maximum absolute atomic E-state index is 12.1. The van der Waals surface area contributed by atoms with Gasteiger partial charge in [0.2, 0.25) is 5.91 Å². The van der Waals surface area contributed by atoms with E-state index in [0.29, 0.717) is 18.4 Å². The number of hydrogen-bond acceptors (Lipinski definition) is 2. The van der Waals surface area contributed by atoms with Crippen LogP contribution in [0.3, 0.4) is 0 Å². The van der Waals surface area contributed by atoms with Gasteiger partial charge in [-0.25, -0.2) is 0 Å². The third-order valence-corrected chi connectivity index (χ3v) is 4.31. The Labute approximate surface area is 115 Å². The van der Waals surface area contributed by atoms with Gasteiger partial charge in [-0.3, -0.25) is 4.79 Å². The average molecular weight is 316 g/mol. The Bertz CT molecular complexity index is 348. The topological polar surface area (TPSA) is 20.3 Å². The first kappa shape index (κ1) is 13.1. The zero-order chi connectivity index (χ0) is 12.1. The minimum atomic E-state index is 0.333. The molecule has 1 heterocycles. The van der Waals surface area contributed by atoms with E-state index in [9.17, 15) is 4.79 Å². The Balaban J connectivity index is 1.86. The van der Waals surface area contributed by atoms with Crippen molar-refractivity contribution in [3.63, 3.8) is 0 Å². The van der Waals surface area contributed by atoms with Gasteiger partial charge in [-0.15, -0.1) is 0 Å². The van der Waals surface area contributed by atoms with Gasteiger partial charge in [0.15, 0.2) is 0 Å². The molecule has 17 heavy (non-hydrogen) atoms. The molecule has 1 aromatic heterocycles. The number of nitrogens with zero attached hydrogens (tertiary/aromatic N) is 1. The van der Waals surface area contributed by atoms with Gasteiger partial charge >= 0.3 is 0 Å². The molecule has 0 unspecified atom stereocenters. The highest BCUT2D eigenvalue weighted by molar-refractivity contribution is 9.09. The van der Waals surface area contributed by atoms with Crippen LogP contribution in [0.25, 0.3) is 0 Å². The van der Waals surface area contributed by atoms with Crippen LogP contribution in [-0.4, -0.2) is 22.2 Å². The summed E-state index contributed by atoms with van der Waals surface area (Å²) < 4.78 is 0. The largest absolute Gasteiger partial charge is 0.335 e. The molecule has 1 fully saturated rings. The molecule has 1 aliphatic carbocycles. The summed E-state index contributed by atoms with van der Waals surface area (Å²) in [5, 5.41) is 5.21. The predicted molar refractivity (Wildman–Crippen MR) is 75.5 cm³/mol. The molecule has 0 N–H and O–H groups in total. The van der Waals surface area contributed by atoms with E-state index in [1.54, 1.807) is 11.3 Å². The van der Waals surface area contributed by atoms with Crippen molar-refractivity contribution in [2.24, 2.45) is 0 Å². The lowest BCUT2D eigenvalue weighted by Crippen LogP contribution is -2.32. The van der Waals surface area contributed by atoms with Gasteiger partial charge in [-0.05, 0) is 48.1 Å². The summed E-state index contributed by atoms with van der Waals surface area (Å²) in [5.41, 5.74) is 1.27. The van der Waals surface area contributed by atoms with Crippen LogP contribution in [-0.2, 0) is 11.3 Å². The molecule has 1 saturated carbocycles. The highest BCUT2D eigenvalue weighted by atomic mass is 79.9. The number of carbonyl (C=O) groups is 1. The SMILES string of the molecule is O=C(CCCCBr)N(Cc1ccsc1)C1CC1. The molecule has 0 aliphatic heterocycles. The normalized spacial score (nSPS) is 14.9. The van der Waals surface area contributed by atoms with E-state index in [1.807, 2.05) is 0 Å². The lowest BCUT2D eigenvalue weighted by Gasteiger charge is -2.22. The number of unbranched alkanes of at least 4 members (excludes halogenated alkanes) is 1. The van der Waals surface area contributed by atoms with Gasteiger partial charge < -0.3 is 4.90 Å². The molecule has 2 rings (SSSR count). The van der Waals surface area contributed by atoms with E-state index >= 15 is 0 Å². The molecule has 1 aromatic rings. The van der Waals surface area contributed by atoms with Gasteiger partial charge in [0.05, 0.1) is 0 Å². The molecule has 0 spiro atoms. The van der Waals surface area contributed by atoms with Gasteiger partial charge in [-0.1, -0.05) is 15.9 Å². The molecule has 2 nitrogen and oxygen atoms in total. The molecule has 0 bridgehead atoms. The van der Waals surface area contributed by atoms with Crippen molar-refractivity contribution >= 4 is 33.2 Å². The Morgan fingerprint density at radius 2 is 2.29 bits per heavy atom. The number of thiophene rings is 1. The number of carbonyl (C=O) groups excluding carboxylic acids is 1. The number of rotatable bonds is 7. The zero-order valence-electron chi connectivity index (χ0n) is 9.90. The molecule has 1 aliphatic rings. The maximum atomic E-state index is 12.1. The molecule has 0 saturated heterocycles. The smallest absolute Gasteiger partial charge is 0.223 e. The van der Waals surface area contributed by atoms with Crippen LogP contribution in [0, 0.1) is 0 Å². The minimum absolute atomic E-state index is 0.333. The van der Waals surface area contributed by atoms with Crippen molar-refractivity contribution < 1.29 is 4.79 Å². The summed E-state index contributed by atoms with van der Waals surface area (Å²) >= 11 is 5.11. The molecule has 4 heteroatoms. The van der Waals surface area contributed by atoms with Crippen molar-refractivity contribution in [2.75, 3.05) is 5.33 Å². The van der Waals surface area contributed by atoms with Gasteiger partial charge in [0.1, 0.15) is 0 Å². The number of alkyl halides is 1. The van der Waals surface area contributed by atoms with Crippen LogP contribution in [0.15, 0.2) is 16.8 Å². The fourth-order valence-corrected chi connectivity index (χ4v) is 2.96. The number of hydrogen-bond donors (Lipinski definition) is 0. The first-order valence-corrected chi connectivity index (χ1v) is 8.24. The lowest BCUT2D eigenvalue weighted by atomic mass is 10.2. The maximum Gasteiger partial charge on any atom is 0.223 e. The Hall–Kier alpha value is -0.350. The summed E-state index contributed by atoms with van der Waals surface area (Å²) in [5.74, 6) is 0.333. The predicted octanol–water partition coefficient (Wildman–Crippen LogP) is 3.80. The first-order chi connectivity index (χ1) is 8.31. The summed E-state index contributed by atoms with van der Waals surface area (Å²) in [6.07, 6.45) is 5.16. The van der Waals surface area contributed by atoms with Crippen LogP contribution < -0.4 is 0 Å². The van der Waals surface area contributed by atoms with E-state index in [0.717, 1.165) is 24.7 Å². The standard InChI is InChI=1S/C13H18BrNOS/c14-7-2-1-3-13(16)15(12-4-5-12)9-11-6-8-17-10-11/h6,8,10,12H,1-5,7,9H2. The fourth-order valence-electron chi connectivity index (χ4n) is 1.90. The minimum Gasteiger partial charge on any atom is -0.335 e. The second-order valence-electron chi connectivity index (χ2n) is 4.53. The third-order valence-electron chi connectivity index (χ3n) is 3.02. The summed E-state index contributed by atoms with van der Waals surface area (Å²) in [7, 11) is 0. The van der Waals surface area contributed by atoms with Gasteiger partial charge in [0, 0.05) is 24.3 Å². The zero-order valence-corrected chi connectivity index (χ0v) is 12.3. The van der Waals surface area contributed by atoms with E-state index in [-0.39, 0.29) is 0 Å². The molecular formula is C13H18BrNOS. The quantitative estimate of drug-likeness (QED) is 0.553. The second kappa shape index (κ2) is 6.55. The fraction of sp³-hybridized carbons (Fsp3) is 0.615. The van der Waals surface area contributed by atoms with E-state index < -0.39 is 0 Å². The Kier molecular flexibility index (Phi) is 5.04. The van der Waals surface area contributed by atoms with E-state index in [2.05, 4.69) is 37.7 Å². The van der Waals surface area contributed by atoms with Crippen LogP contribution >= 0.6 is 27.3 Å². The summed E-state index contributed by atoms with van der Waals surface area (Å²) in [6.45, 7) is 0.807. The van der Waals surface area contributed by atoms with Gasteiger partial charge in [-0.2, -0.15) is 11.3 Å². The van der Waals surface area contributed by atoms with E-state index in [4.69, 9.17) is 0 Å². The summed E-state index contributed by atoms with van der Waals surface area (Å²) in [4.78, 5) is 14.2. The highest BCUT2D eigenvalue weighted by Crippen LogP contribution is 2.29. The lowest BCUT2D eigenvalue weighted by molar-refractivity contribution is -0.132. The van der Waals surface area contributed by atoms with Crippen LogP contribution in [0.1, 0.15) is 37.7 Å². The molecular weight excluding hydrogens is 298 g/mol. The van der Waals surface area contributed by atoms with Gasteiger partial charge in [0.25, 0.3) is 0 Å². The van der Waals surface area contributed by atoms with Crippen molar-refractivity contribution in [2.45, 2.75) is 44.7 Å². The van der Waals surface area contributed by atoms with Crippen molar-refractivity contribution in [1.29, 1.82) is 0 Å². The molecule has 0 radical (unpaired) electrons. The average Bonchev–Trinajstić information content (AvgIpc) is 3.03. The van der Waals surface area contributed by atoms with E-state index in [1.165, 1.54) is 18.4 Å².